The zero-order valence-electron chi connectivity index (χ0n) is 17.1. The van der Waals surface area contributed by atoms with Gasteiger partial charge in [0, 0.05) is 36.7 Å². The van der Waals surface area contributed by atoms with Gasteiger partial charge in [-0.25, -0.2) is 9.67 Å². The number of benzene rings is 1. The molecule has 7 nitrogen and oxygen atoms in total. The molecule has 0 radical (unpaired) electrons. The van der Waals surface area contributed by atoms with Crippen LogP contribution in [-0.4, -0.2) is 54.4 Å². The number of rotatable bonds is 5. The molecule has 1 aliphatic heterocycles. The van der Waals surface area contributed by atoms with Crippen molar-refractivity contribution in [2.24, 2.45) is 0 Å². The molecule has 0 spiro atoms. The maximum Gasteiger partial charge on any atom is 0.416 e. The Bertz CT molecular complexity index is 1150. The van der Waals surface area contributed by atoms with Crippen molar-refractivity contribution in [3.8, 4) is 11.4 Å². The molecule has 1 aromatic carbocycles. The van der Waals surface area contributed by atoms with E-state index in [4.69, 9.17) is 0 Å². The molecule has 1 fully saturated rings. The van der Waals surface area contributed by atoms with Gasteiger partial charge in [0.05, 0.1) is 18.7 Å². The number of hydrogen-bond acceptors (Lipinski definition) is 5. The number of halogens is 3. The molecule has 10 heteroatoms. The van der Waals surface area contributed by atoms with E-state index in [0.717, 1.165) is 17.7 Å². The lowest BCUT2D eigenvalue weighted by molar-refractivity contribution is -0.149. The van der Waals surface area contributed by atoms with Crippen LogP contribution in [0.3, 0.4) is 0 Å². The van der Waals surface area contributed by atoms with Crippen LogP contribution in [0.15, 0.2) is 55.1 Å². The van der Waals surface area contributed by atoms with Crippen LogP contribution in [0, 0.1) is 6.92 Å². The van der Waals surface area contributed by atoms with E-state index < -0.39 is 17.3 Å². The summed E-state index contributed by atoms with van der Waals surface area (Å²) in [5, 5.41) is 14.7. The van der Waals surface area contributed by atoms with Gasteiger partial charge < -0.3 is 10.0 Å². The first kappa shape index (κ1) is 21.7. The van der Waals surface area contributed by atoms with Crippen molar-refractivity contribution in [1.29, 1.82) is 0 Å². The molecule has 3 heterocycles. The van der Waals surface area contributed by atoms with Crippen LogP contribution in [0.25, 0.3) is 17.6 Å². The van der Waals surface area contributed by atoms with E-state index >= 15 is 0 Å². The Kier molecular flexibility index (Phi) is 5.55. The third kappa shape index (κ3) is 4.86. The van der Waals surface area contributed by atoms with E-state index in [2.05, 4.69) is 15.1 Å². The molecular formula is C22H20F3N5O2. The zero-order chi connectivity index (χ0) is 22.9. The Labute approximate surface area is 181 Å². The van der Waals surface area contributed by atoms with Gasteiger partial charge in [-0.05, 0) is 42.3 Å². The Balaban J connectivity index is 1.39. The minimum absolute atomic E-state index is 0.117. The Morgan fingerprint density at radius 3 is 2.75 bits per heavy atom. The van der Waals surface area contributed by atoms with Gasteiger partial charge in [0.1, 0.15) is 11.9 Å². The summed E-state index contributed by atoms with van der Waals surface area (Å²) in [4.78, 5) is 21.9. The van der Waals surface area contributed by atoms with Crippen LogP contribution in [0.1, 0.15) is 16.7 Å². The minimum atomic E-state index is -4.47. The van der Waals surface area contributed by atoms with E-state index in [9.17, 15) is 23.1 Å². The fraction of sp³-hybridized carbons (Fsp3) is 0.273. The number of amides is 1. The van der Waals surface area contributed by atoms with Crippen LogP contribution in [-0.2, 0) is 17.4 Å². The van der Waals surface area contributed by atoms with Crippen molar-refractivity contribution in [3.63, 3.8) is 0 Å². The third-order valence-corrected chi connectivity index (χ3v) is 5.08. The van der Waals surface area contributed by atoms with Gasteiger partial charge in [0.2, 0.25) is 5.91 Å². The molecule has 1 aliphatic rings. The molecule has 0 saturated carbocycles. The lowest BCUT2D eigenvalue weighted by Crippen LogP contribution is -2.64. The smallest absolute Gasteiger partial charge is 0.386 e. The summed E-state index contributed by atoms with van der Waals surface area (Å²) in [7, 11) is 0. The minimum Gasteiger partial charge on any atom is -0.386 e. The lowest BCUT2D eigenvalue weighted by Gasteiger charge is -2.46. The largest absolute Gasteiger partial charge is 0.416 e. The van der Waals surface area contributed by atoms with Crippen molar-refractivity contribution in [1.82, 2.24) is 24.6 Å². The van der Waals surface area contributed by atoms with E-state index in [1.165, 1.54) is 28.2 Å². The van der Waals surface area contributed by atoms with Gasteiger partial charge in [-0.1, -0.05) is 6.07 Å². The molecule has 1 amide bonds. The van der Waals surface area contributed by atoms with Crippen LogP contribution in [0.4, 0.5) is 13.2 Å². The highest BCUT2D eigenvalue weighted by Crippen LogP contribution is 2.32. The Morgan fingerprint density at radius 1 is 1.28 bits per heavy atom. The summed E-state index contributed by atoms with van der Waals surface area (Å²) in [6, 6.07) is 7.26. The first-order valence-corrected chi connectivity index (χ1v) is 9.80. The average molecular weight is 443 g/mol. The number of alkyl halides is 3. The molecule has 1 saturated heterocycles. The highest BCUT2D eigenvalue weighted by Gasteiger charge is 2.43. The maximum absolute atomic E-state index is 13.0. The predicted octanol–water partition coefficient (Wildman–Crippen LogP) is 2.95. The second kappa shape index (κ2) is 8.19. The second-order valence-corrected chi connectivity index (χ2v) is 7.91. The average Bonchev–Trinajstić information content (AvgIpc) is 3.19. The van der Waals surface area contributed by atoms with E-state index in [0.29, 0.717) is 12.0 Å². The molecule has 2 aromatic heterocycles. The van der Waals surface area contributed by atoms with Gasteiger partial charge >= 0.3 is 6.18 Å². The molecule has 0 atom stereocenters. The van der Waals surface area contributed by atoms with Crippen molar-refractivity contribution in [3.05, 3.63) is 71.8 Å². The highest BCUT2D eigenvalue weighted by atomic mass is 19.4. The third-order valence-electron chi connectivity index (χ3n) is 5.08. The molecule has 4 rings (SSSR count). The van der Waals surface area contributed by atoms with E-state index in [1.54, 1.807) is 31.5 Å². The molecule has 3 aromatic rings. The summed E-state index contributed by atoms with van der Waals surface area (Å²) in [5.41, 5.74) is -0.204. The summed E-state index contributed by atoms with van der Waals surface area (Å²) >= 11 is 0. The number of carbonyl (C=O) groups excluding carboxylic acids is 1. The van der Waals surface area contributed by atoms with Crippen LogP contribution in [0.5, 0.6) is 0 Å². The number of likely N-dealkylation sites (tertiary alicyclic amines) is 1. The van der Waals surface area contributed by atoms with Crippen molar-refractivity contribution in [2.45, 2.75) is 25.1 Å². The molecule has 0 bridgehead atoms. The summed E-state index contributed by atoms with van der Waals surface area (Å²) in [6.07, 6.45) is 3.22. The first-order valence-electron chi connectivity index (χ1n) is 9.80. The van der Waals surface area contributed by atoms with Crippen molar-refractivity contribution in [2.75, 3.05) is 13.1 Å². The number of hydrogen-bond donors (Lipinski definition) is 1. The quantitative estimate of drug-likeness (QED) is 0.613. The van der Waals surface area contributed by atoms with Crippen molar-refractivity contribution < 1.29 is 23.1 Å². The molecule has 1 N–H and O–H groups in total. The van der Waals surface area contributed by atoms with Crippen LogP contribution < -0.4 is 0 Å². The van der Waals surface area contributed by atoms with Gasteiger partial charge in [-0.15, -0.1) is 5.10 Å². The van der Waals surface area contributed by atoms with Crippen molar-refractivity contribution >= 4 is 12.1 Å². The number of β-amino-alcohol motifs (C(OH)–C–C–N with tert-alkyl or cyclic N) is 1. The number of nitrogens with zero attached hydrogens (tertiary/aromatic N) is 5. The SMILES string of the molecule is Cc1cc(-c2ncn(/C=C\C(=O)N3CC(O)(Cc4cccnc4)C3)n2)cc(C(F)(F)F)c1. The van der Waals surface area contributed by atoms with Gasteiger partial charge in [-0.3, -0.25) is 9.78 Å². The fourth-order valence-electron chi connectivity index (χ4n) is 3.61. The standard InChI is InChI=1S/C22H20F3N5O2/c1-15-7-17(9-18(8-15)22(23,24)25)20-27-14-30(28-20)6-4-19(31)29-12-21(32,13-29)10-16-3-2-5-26-11-16/h2-9,11,14,32H,10,12-13H2,1H3/b6-4-. The molecule has 32 heavy (non-hydrogen) atoms. The topological polar surface area (TPSA) is 84.1 Å². The Hall–Kier alpha value is -3.53. The highest BCUT2D eigenvalue weighted by molar-refractivity contribution is 5.91. The summed E-state index contributed by atoms with van der Waals surface area (Å²) in [5.74, 6) is -0.195. The molecular weight excluding hydrogens is 423 g/mol. The summed E-state index contributed by atoms with van der Waals surface area (Å²) in [6.45, 7) is 1.95. The molecule has 0 unspecified atom stereocenters. The maximum atomic E-state index is 13.0. The molecule has 0 aliphatic carbocycles. The number of carbonyl (C=O) groups is 1. The Morgan fingerprint density at radius 2 is 2.06 bits per heavy atom. The van der Waals surface area contributed by atoms with E-state index in [-0.39, 0.29) is 30.4 Å². The normalized spacial score (nSPS) is 15.7. The number of pyridine rings is 1. The number of aromatic nitrogens is 4. The van der Waals surface area contributed by atoms with Crippen LogP contribution in [0.2, 0.25) is 0 Å². The lowest BCUT2D eigenvalue weighted by atomic mass is 9.87. The first-order chi connectivity index (χ1) is 15.1. The van der Waals surface area contributed by atoms with Crippen LogP contribution >= 0.6 is 0 Å². The van der Waals surface area contributed by atoms with Gasteiger partial charge in [0.25, 0.3) is 0 Å². The number of aliphatic hydroxyl groups is 1. The van der Waals surface area contributed by atoms with E-state index in [1.807, 2.05) is 6.07 Å². The summed E-state index contributed by atoms with van der Waals surface area (Å²) < 4.78 is 40.4. The van der Waals surface area contributed by atoms with Gasteiger partial charge in [-0.2, -0.15) is 13.2 Å². The molecule has 166 valence electrons. The zero-order valence-corrected chi connectivity index (χ0v) is 17.1. The number of aryl methyl sites for hydroxylation is 1. The second-order valence-electron chi connectivity index (χ2n) is 7.91. The predicted molar refractivity (Wildman–Crippen MR) is 110 cm³/mol. The van der Waals surface area contributed by atoms with Gasteiger partial charge in [0.15, 0.2) is 5.82 Å². The monoisotopic (exact) mass is 443 g/mol. The fourth-order valence-corrected chi connectivity index (χ4v) is 3.61.